The summed E-state index contributed by atoms with van der Waals surface area (Å²) < 4.78 is 0. The molecule has 0 radical (unpaired) electrons. The summed E-state index contributed by atoms with van der Waals surface area (Å²) in [4.78, 5) is 1.70. The molecule has 4 heteroatoms. The third-order valence-corrected chi connectivity index (χ3v) is 4.82. The Morgan fingerprint density at radius 3 is 2.76 bits per heavy atom. The van der Waals surface area contributed by atoms with E-state index in [1.807, 2.05) is 36.5 Å². The Morgan fingerprint density at radius 2 is 2.05 bits per heavy atom. The van der Waals surface area contributed by atoms with Crippen molar-refractivity contribution in [1.82, 2.24) is 20.3 Å². The number of rotatable bonds is 5. The van der Waals surface area contributed by atoms with E-state index in [0.29, 0.717) is 6.04 Å². The molecule has 1 aromatic carbocycles. The van der Waals surface area contributed by atoms with E-state index in [-0.39, 0.29) is 0 Å². The molecule has 0 aliphatic heterocycles. The van der Waals surface area contributed by atoms with Crippen LogP contribution in [-0.4, -0.2) is 21.0 Å². The molecule has 0 saturated heterocycles. The van der Waals surface area contributed by atoms with Crippen LogP contribution < -0.4 is 5.32 Å². The quantitative estimate of drug-likeness (QED) is 0.917. The third kappa shape index (κ3) is 3.16. The van der Waals surface area contributed by atoms with Gasteiger partial charge in [-0.1, -0.05) is 38.5 Å². The van der Waals surface area contributed by atoms with Crippen LogP contribution in [-0.2, 0) is 6.54 Å². The fourth-order valence-electron chi connectivity index (χ4n) is 3.41. The molecule has 1 fully saturated rings. The van der Waals surface area contributed by atoms with E-state index in [0.717, 1.165) is 29.8 Å². The first-order valence-electron chi connectivity index (χ1n) is 7.98. The van der Waals surface area contributed by atoms with E-state index >= 15 is 0 Å². The van der Waals surface area contributed by atoms with Crippen LogP contribution in [0, 0.1) is 11.8 Å². The predicted molar refractivity (Wildman–Crippen MR) is 84.2 cm³/mol. The molecular weight excluding hydrogens is 260 g/mol. The maximum atomic E-state index is 4.55. The highest BCUT2D eigenvalue weighted by Crippen LogP contribution is 2.33. The summed E-state index contributed by atoms with van der Waals surface area (Å²) in [6.07, 6.45) is 5.79. The van der Waals surface area contributed by atoms with Crippen LogP contribution in [0.4, 0.5) is 0 Å². The van der Waals surface area contributed by atoms with Crippen LogP contribution in [0.5, 0.6) is 0 Å². The van der Waals surface area contributed by atoms with Crippen LogP contribution in [0.1, 0.15) is 38.8 Å². The molecule has 4 nitrogen and oxygen atoms in total. The summed E-state index contributed by atoms with van der Waals surface area (Å²) in [7, 11) is 0. The third-order valence-electron chi connectivity index (χ3n) is 4.82. The van der Waals surface area contributed by atoms with E-state index in [1.54, 1.807) is 4.80 Å². The second-order valence-electron chi connectivity index (χ2n) is 6.05. The SMILES string of the molecule is CCC1CCC(NCc2cnn(-c3ccccc3)n2)C1C. The van der Waals surface area contributed by atoms with Gasteiger partial charge in [0.15, 0.2) is 0 Å². The van der Waals surface area contributed by atoms with Gasteiger partial charge in [0.1, 0.15) is 0 Å². The number of aromatic nitrogens is 3. The zero-order valence-electron chi connectivity index (χ0n) is 12.9. The lowest BCUT2D eigenvalue weighted by Gasteiger charge is -2.20. The minimum Gasteiger partial charge on any atom is -0.308 e. The first kappa shape index (κ1) is 14.3. The smallest absolute Gasteiger partial charge is 0.0969 e. The standard InChI is InChI=1S/C17H24N4/c1-3-14-9-10-17(13(14)2)18-11-15-12-19-21(20-15)16-7-5-4-6-8-16/h4-8,12-14,17-18H,3,9-11H2,1-2H3. The van der Waals surface area contributed by atoms with E-state index in [1.165, 1.54) is 19.3 Å². The summed E-state index contributed by atoms with van der Waals surface area (Å²) in [5, 5.41) is 12.6. The molecule has 1 saturated carbocycles. The lowest BCUT2D eigenvalue weighted by atomic mass is 9.93. The van der Waals surface area contributed by atoms with Crippen molar-refractivity contribution in [3.63, 3.8) is 0 Å². The second kappa shape index (κ2) is 6.39. The van der Waals surface area contributed by atoms with Crippen LogP contribution in [0.3, 0.4) is 0 Å². The minimum absolute atomic E-state index is 0.622. The number of hydrogen-bond donors (Lipinski definition) is 1. The summed E-state index contributed by atoms with van der Waals surface area (Å²) in [6, 6.07) is 10.7. The highest BCUT2D eigenvalue weighted by atomic mass is 15.5. The average molecular weight is 284 g/mol. The van der Waals surface area contributed by atoms with Crippen molar-refractivity contribution in [2.75, 3.05) is 0 Å². The number of para-hydroxylation sites is 1. The molecule has 2 aromatic rings. The molecule has 3 atom stereocenters. The van der Waals surface area contributed by atoms with Gasteiger partial charge in [-0.3, -0.25) is 0 Å². The molecule has 0 amide bonds. The Hall–Kier alpha value is -1.68. The molecule has 112 valence electrons. The largest absolute Gasteiger partial charge is 0.308 e. The maximum Gasteiger partial charge on any atom is 0.0969 e. The molecule has 1 aliphatic carbocycles. The summed E-state index contributed by atoms with van der Waals surface area (Å²) in [6.45, 7) is 5.48. The van der Waals surface area contributed by atoms with Crippen molar-refractivity contribution in [3.05, 3.63) is 42.2 Å². The van der Waals surface area contributed by atoms with Gasteiger partial charge in [0, 0.05) is 12.6 Å². The van der Waals surface area contributed by atoms with Gasteiger partial charge in [-0.25, -0.2) is 0 Å². The minimum atomic E-state index is 0.622. The average Bonchev–Trinajstić information content (AvgIpc) is 3.13. The molecule has 1 aliphatic rings. The lowest BCUT2D eigenvalue weighted by Crippen LogP contribution is -2.32. The van der Waals surface area contributed by atoms with E-state index < -0.39 is 0 Å². The topological polar surface area (TPSA) is 42.7 Å². The number of nitrogens with zero attached hydrogens (tertiary/aromatic N) is 3. The Balaban J connectivity index is 1.59. The molecular formula is C17H24N4. The van der Waals surface area contributed by atoms with Gasteiger partial charge in [0.25, 0.3) is 0 Å². The van der Waals surface area contributed by atoms with Crippen molar-refractivity contribution in [2.45, 2.75) is 45.7 Å². The second-order valence-corrected chi connectivity index (χ2v) is 6.05. The summed E-state index contributed by atoms with van der Waals surface area (Å²) >= 11 is 0. The summed E-state index contributed by atoms with van der Waals surface area (Å²) in [5.74, 6) is 1.64. The van der Waals surface area contributed by atoms with Crippen LogP contribution in [0.15, 0.2) is 36.5 Å². The monoisotopic (exact) mass is 284 g/mol. The molecule has 1 aromatic heterocycles. The van der Waals surface area contributed by atoms with E-state index in [4.69, 9.17) is 0 Å². The van der Waals surface area contributed by atoms with E-state index in [9.17, 15) is 0 Å². The zero-order valence-corrected chi connectivity index (χ0v) is 12.9. The number of nitrogens with one attached hydrogen (secondary N) is 1. The Kier molecular flexibility index (Phi) is 4.34. The fourth-order valence-corrected chi connectivity index (χ4v) is 3.41. The van der Waals surface area contributed by atoms with Gasteiger partial charge < -0.3 is 5.32 Å². The van der Waals surface area contributed by atoms with Crippen molar-refractivity contribution >= 4 is 0 Å². The number of hydrogen-bond acceptors (Lipinski definition) is 3. The van der Waals surface area contributed by atoms with Crippen molar-refractivity contribution < 1.29 is 0 Å². The highest BCUT2D eigenvalue weighted by molar-refractivity contribution is 5.28. The zero-order chi connectivity index (χ0) is 14.7. The van der Waals surface area contributed by atoms with Gasteiger partial charge in [-0.05, 0) is 36.8 Å². The molecule has 0 spiro atoms. The Bertz CT molecular complexity index is 563. The normalized spacial score (nSPS) is 25.3. The molecule has 3 unspecified atom stereocenters. The molecule has 1 heterocycles. The van der Waals surface area contributed by atoms with Crippen LogP contribution >= 0.6 is 0 Å². The van der Waals surface area contributed by atoms with Gasteiger partial charge >= 0.3 is 0 Å². The molecule has 3 rings (SSSR count). The van der Waals surface area contributed by atoms with Crippen LogP contribution in [0.2, 0.25) is 0 Å². The fraction of sp³-hybridized carbons (Fsp3) is 0.529. The predicted octanol–water partition coefficient (Wildman–Crippen LogP) is 3.18. The van der Waals surface area contributed by atoms with Crippen molar-refractivity contribution in [1.29, 1.82) is 0 Å². The van der Waals surface area contributed by atoms with E-state index in [2.05, 4.69) is 29.4 Å². The van der Waals surface area contributed by atoms with Gasteiger partial charge in [-0.2, -0.15) is 15.0 Å². The van der Waals surface area contributed by atoms with Gasteiger partial charge in [0.05, 0.1) is 17.6 Å². The lowest BCUT2D eigenvalue weighted by molar-refractivity contribution is 0.343. The Morgan fingerprint density at radius 1 is 1.24 bits per heavy atom. The first-order valence-corrected chi connectivity index (χ1v) is 7.98. The maximum absolute atomic E-state index is 4.55. The molecule has 1 N–H and O–H groups in total. The van der Waals surface area contributed by atoms with Crippen LogP contribution in [0.25, 0.3) is 5.69 Å². The number of benzene rings is 1. The Labute approximate surface area is 126 Å². The van der Waals surface area contributed by atoms with Crippen molar-refractivity contribution in [3.8, 4) is 5.69 Å². The van der Waals surface area contributed by atoms with Gasteiger partial charge in [0.2, 0.25) is 0 Å². The molecule has 21 heavy (non-hydrogen) atoms. The highest BCUT2D eigenvalue weighted by Gasteiger charge is 2.30. The summed E-state index contributed by atoms with van der Waals surface area (Å²) in [5.41, 5.74) is 2.01. The van der Waals surface area contributed by atoms with Crippen molar-refractivity contribution in [2.24, 2.45) is 11.8 Å². The van der Waals surface area contributed by atoms with Gasteiger partial charge in [-0.15, -0.1) is 0 Å². The first-order chi connectivity index (χ1) is 10.3. The molecule has 0 bridgehead atoms.